The van der Waals surface area contributed by atoms with E-state index in [0.29, 0.717) is 18.1 Å². The number of aldehydes is 1. The lowest BCUT2D eigenvalue weighted by atomic mass is 9.93. The normalized spacial score (nSPS) is 11.9. The molecule has 0 spiro atoms. The lowest BCUT2D eigenvalue weighted by molar-refractivity contribution is 0.111. The molecule has 0 saturated carbocycles. The van der Waals surface area contributed by atoms with E-state index in [2.05, 4.69) is 33.4 Å². The molecule has 110 valence electrons. The molecule has 2 heteroatoms. The van der Waals surface area contributed by atoms with E-state index >= 15 is 0 Å². The Hall–Kier alpha value is -1.57. The first-order valence-electron chi connectivity index (χ1n) is 7.53. The molecular formula is C18H26O2. The van der Waals surface area contributed by atoms with Crippen molar-refractivity contribution in [1.29, 1.82) is 0 Å². The molecule has 0 amide bonds. The van der Waals surface area contributed by atoms with Gasteiger partial charge in [0.15, 0.2) is 6.29 Å². The highest BCUT2D eigenvalue weighted by Crippen LogP contribution is 2.30. The predicted octanol–water partition coefficient (Wildman–Crippen LogP) is 4.92. The molecule has 1 aromatic carbocycles. The van der Waals surface area contributed by atoms with Crippen molar-refractivity contribution in [2.24, 2.45) is 0 Å². The summed E-state index contributed by atoms with van der Waals surface area (Å²) in [5.41, 5.74) is 2.93. The molecule has 0 fully saturated rings. The third kappa shape index (κ3) is 4.22. The quantitative estimate of drug-likeness (QED) is 0.363. The Kier molecular flexibility index (Phi) is 7.06. The van der Waals surface area contributed by atoms with Gasteiger partial charge in [-0.2, -0.15) is 0 Å². The van der Waals surface area contributed by atoms with Gasteiger partial charge in [-0.05, 0) is 42.4 Å². The number of ether oxygens (including phenoxy) is 1. The van der Waals surface area contributed by atoms with E-state index < -0.39 is 0 Å². The van der Waals surface area contributed by atoms with E-state index in [1.165, 1.54) is 5.56 Å². The largest absolute Gasteiger partial charge is 0.493 e. The Morgan fingerprint density at radius 3 is 2.65 bits per heavy atom. The number of benzene rings is 1. The van der Waals surface area contributed by atoms with Gasteiger partial charge in [-0.3, -0.25) is 4.79 Å². The molecule has 1 aromatic rings. The highest BCUT2D eigenvalue weighted by molar-refractivity contribution is 5.81. The zero-order chi connectivity index (χ0) is 15.0. The summed E-state index contributed by atoms with van der Waals surface area (Å²) in [5, 5.41) is 0. The van der Waals surface area contributed by atoms with Crippen LogP contribution < -0.4 is 4.74 Å². The van der Waals surface area contributed by atoms with Crippen LogP contribution in [0.2, 0.25) is 0 Å². The van der Waals surface area contributed by atoms with E-state index in [9.17, 15) is 4.79 Å². The zero-order valence-corrected chi connectivity index (χ0v) is 12.9. The van der Waals surface area contributed by atoms with Gasteiger partial charge in [0.2, 0.25) is 0 Å². The van der Waals surface area contributed by atoms with Crippen LogP contribution in [-0.2, 0) is 6.42 Å². The molecule has 0 aromatic heterocycles. The second-order valence-electron chi connectivity index (χ2n) is 5.22. The second-order valence-corrected chi connectivity index (χ2v) is 5.22. The molecule has 0 aliphatic rings. The second kappa shape index (κ2) is 8.57. The Morgan fingerprint density at radius 2 is 2.10 bits per heavy atom. The number of hydrogen-bond donors (Lipinski definition) is 0. The third-order valence-electron chi connectivity index (χ3n) is 3.63. The number of rotatable bonds is 9. The fraction of sp³-hybridized carbons (Fsp3) is 0.500. The van der Waals surface area contributed by atoms with Crippen LogP contribution in [0.15, 0.2) is 24.8 Å². The number of allylic oxidation sites excluding steroid dienone is 1. The first-order chi connectivity index (χ1) is 9.67. The van der Waals surface area contributed by atoms with Gasteiger partial charge in [-0.1, -0.05) is 39.3 Å². The summed E-state index contributed by atoms with van der Waals surface area (Å²) in [7, 11) is 0. The molecule has 0 heterocycles. The number of carbonyl (C=O) groups is 1. The molecule has 1 unspecified atom stereocenters. The van der Waals surface area contributed by atoms with Gasteiger partial charge in [0.25, 0.3) is 0 Å². The Bertz CT molecular complexity index is 449. The lowest BCUT2D eigenvalue weighted by Gasteiger charge is -2.17. The topological polar surface area (TPSA) is 26.3 Å². The molecule has 0 aliphatic heterocycles. The van der Waals surface area contributed by atoms with Gasteiger partial charge in [-0.25, -0.2) is 0 Å². The summed E-state index contributed by atoms with van der Waals surface area (Å²) in [6.45, 7) is 10.9. The fourth-order valence-electron chi connectivity index (χ4n) is 2.15. The first-order valence-corrected chi connectivity index (χ1v) is 7.53. The molecule has 0 radical (unpaired) electrons. The van der Waals surface area contributed by atoms with E-state index in [1.807, 2.05) is 12.1 Å². The van der Waals surface area contributed by atoms with Crippen molar-refractivity contribution in [3.63, 3.8) is 0 Å². The summed E-state index contributed by atoms with van der Waals surface area (Å²) in [6.07, 6.45) is 6.63. The predicted molar refractivity (Wildman–Crippen MR) is 84.8 cm³/mol. The number of unbranched alkanes of at least 4 members (excludes halogenated alkanes) is 1. The number of hydrogen-bond acceptors (Lipinski definition) is 2. The minimum absolute atomic E-state index is 0.446. The smallest absolute Gasteiger partial charge is 0.153 e. The van der Waals surface area contributed by atoms with Crippen LogP contribution in [0, 0.1) is 0 Å². The molecule has 1 rings (SSSR count). The van der Waals surface area contributed by atoms with Crippen LogP contribution in [0.1, 0.15) is 67.4 Å². The Morgan fingerprint density at radius 1 is 1.35 bits per heavy atom. The summed E-state index contributed by atoms with van der Waals surface area (Å²) in [4.78, 5) is 11.4. The van der Waals surface area contributed by atoms with E-state index in [0.717, 1.165) is 43.3 Å². The standard InChI is InChI=1S/C18H26O2/c1-5-8-10-20-18-15(9-6-2)11-16(14(4)7-3)12-17(18)13-19/h6,11-14H,2,5,7-10H2,1,3-4H3. The lowest BCUT2D eigenvalue weighted by Crippen LogP contribution is -2.05. The molecule has 2 nitrogen and oxygen atoms in total. The maximum atomic E-state index is 11.4. The summed E-state index contributed by atoms with van der Waals surface area (Å²) in [5.74, 6) is 1.18. The maximum absolute atomic E-state index is 11.4. The van der Waals surface area contributed by atoms with Gasteiger partial charge < -0.3 is 4.74 Å². The third-order valence-corrected chi connectivity index (χ3v) is 3.63. The summed E-state index contributed by atoms with van der Waals surface area (Å²) >= 11 is 0. The summed E-state index contributed by atoms with van der Waals surface area (Å²) in [6, 6.07) is 4.12. The molecule has 0 bridgehead atoms. The average molecular weight is 274 g/mol. The van der Waals surface area contributed by atoms with Crippen molar-refractivity contribution in [2.75, 3.05) is 6.61 Å². The Labute approximate surface area is 122 Å². The Balaban J connectivity index is 3.17. The van der Waals surface area contributed by atoms with Gasteiger partial charge in [-0.15, -0.1) is 6.58 Å². The fourth-order valence-corrected chi connectivity index (χ4v) is 2.15. The van der Waals surface area contributed by atoms with Crippen LogP contribution in [0.5, 0.6) is 5.75 Å². The van der Waals surface area contributed by atoms with Crippen molar-refractivity contribution < 1.29 is 9.53 Å². The van der Waals surface area contributed by atoms with Gasteiger partial charge >= 0.3 is 0 Å². The van der Waals surface area contributed by atoms with Gasteiger partial charge in [0.1, 0.15) is 5.75 Å². The SMILES string of the molecule is C=CCc1cc(C(C)CC)cc(C=O)c1OCCCC. The number of carbonyl (C=O) groups excluding carboxylic acids is 1. The van der Waals surface area contributed by atoms with Crippen LogP contribution in [0.25, 0.3) is 0 Å². The van der Waals surface area contributed by atoms with E-state index in [4.69, 9.17) is 4.74 Å². The first kappa shape index (κ1) is 16.5. The van der Waals surface area contributed by atoms with Crippen LogP contribution in [-0.4, -0.2) is 12.9 Å². The molecule has 1 atom stereocenters. The highest BCUT2D eigenvalue weighted by Gasteiger charge is 2.14. The van der Waals surface area contributed by atoms with Crippen molar-refractivity contribution in [3.05, 3.63) is 41.5 Å². The molecule has 0 aliphatic carbocycles. The summed E-state index contributed by atoms with van der Waals surface area (Å²) < 4.78 is 5.84. The van der Waals surface area contributed by atoms with Crippen molar-refractivity contribution in [3.8, 4) is 5.75 Å². The maximum Gasteiger partial charge on any atom is 0.153 e. The van der Waals surface area contributed by atoms with Crippen molar-refractivity contribution in [1.82, 2.24) is 0 Å². The molecular weight excluding hydrogens is 248 g/mol. The van der Waals surface area contributed by atoms with Gasteiger partial charge in [0, 0.05) is 0 Å². The zero-order valence-electron chi connectivity index (χ0n) is 12.9. The van der Waals surface area contributed by atoms with Crippen molar-refractivity contribution >= 4 is 6.29 Å². The monoisotopic (exact) mass is 274 g/mol. The minimum Gasteiger partial charge on any atom is -0.493 e. The van der Waals surface area contributed by atoms with Crippen molar-refractivity contribution in [2.45, 2.75) is 52.4 Å². The van der Waals surface area contributed by atoms with Gasteiger partial charge in [0.05, 0.1) is 12.2 Å². The molecule has 0 saturated heterocycles. The highest BCUT2D eigenvalue weighted by atomic mass is 16.5. The van der Waals surface area contributed by atoms with E-state index in [-0.39, 0.29) is 0 Å². The van der Waals surface area contributed by atoms with Crippen LogP contribution >= 0.6 is 0 Å². The average Bonchev–Trinajstić information content (AvgIpc) is 2.47. The van der Waals surface area contributed by atoms with Crippen LogP contribution in [0.4, 0.5) is 0 Å². The van der Waals surface area contributed by atoms with Crippen LogP contribution in [0.3, 0.4) is 0 Å². The molecule has 0 N–H and O–H groups in total. The molecule has 20 heavy (non-hydrogen) atoms. The minimum atomic E-state index is 0.446. The van der Waals surface area contributed by atoms with E-state index in [1.54, 1.807) is 0 Å².